The number of benzene rings is 1. The molecule has 3 rings (SSSR count). The third-order valence-corrected chi connectivity index (χ3v) is 4.51. The summed E-state index contributed by atoms with van der Waals surface area (Å²) in [5, 5.41) is 7.29. The van der Waals surface area contributed by atoms with Crippen molar-refractivity contribution in [3.8, 4) is 11.5 Å². The normalized spacial score (nSPS) is 19.6. The first kappa shape index (κ1) is 13.0. The fourth-order valence-corrected chi connectivity index (χ4v) is 2.61. The monoisotopic (exact) mass is 371 g/mol. The molecule has 0 saturated carbocycles. The van der Waals surface area contributed by atoms with Gasteiger partial charge in [0.15, 0.2) is 0 Å². The number of aryl methyl sites for hydroxylation is 1. The van der Waals surface area contributed by atoms with Gasteiger partial charge in [0, 0.05) is 16.7 Å². The van der Waals surface area contributed by atoms with Gasteiger partial charge in [-0.15, -0.1) is 0 Å². The van der Waals surface area contributed by atoms with Crippen LogP contribution in [0.25, 0.3) is 11.5 Å². The molecule has 6 heteroatoms. The van der Waals surface area contributed by atoms with Crippen LogP contribution in [0.4, 0.5) is 0 Å². The van der Waals surface area contributed by atoms with Gasteiger partial charge in [-0.05, 0) is 41.1 Å². The Balaban J connectivity index is 1.90. The molecule has 1 aliphatic rings. The van der Waals surface area contributed by atoms with Crippen molar-refractivity contribution >= 4 is 22.6 Å². The van der Waals surface area contributed by atoms with Crippen LogP contribution in [0.5, 0.6) is 0 Å². The highest BCUT2D eigenvalue weighted by atomic mass is 127. The predicted molar refractivity (Wildman–Crippen MR) is 78.8 cm³/mol. The zero-order valence-corrected chi connectivity index (χ0v) is 12.7. The van der Waals surface area contributed by atoms with Gasteiger partial charge >= 0.3 is 0 Å². The maximum atomic E-state index is 5.62. The number of halogens is 1. The molecule has 5 nitrogen and oxygen atoms in total. The lowest BCUT2D eigenvalue weighted by molar-refractivity contribution is 0.0208. The van der Waals surface area contributed by atoms with Crippen LogP contribution in [-0.4, -0.2) is 29.8 Å². The summed E-state index contributed by atoms with van der Waals surface area (Å²) in [6.07, 6.45) is -0.117. The lowest BCUT2D eigenvalue weighted by atomic mass is 10.1. The SMILES string of the molecule is Cc1cccc(-c2nc(C3CNCCO3)no2)c1I. The number of aromatic nitrogens is 2. The maximum Gasteiger partial charge on any atom is 0.259 e. The smallest absolute Gasteiger partial charge is 0.259 e. The zero-order chi connectivity index (χ0) is 13.2. The van der Waals surface area contributed by atoms with Crippen LogP contribution in [0.3, 0.4) is 0 Å². The molecule has 1 N–H and O–H groups in total. The van der Waals surface area contributed by atoms with Crippen molar-refractivity contribution in [1.82, 2.24) is 15.5 Å². The van der Waals surface area contributed by atoms with Gasteiger partial charge in [-0.3, -0.25) is 0 Å². The van der Waals surface area contributed by atoms with Gasteiger partial charge in [0.05, 0.1) is 12.2 Å². The molecule has 19 heavy (non-hydrogen) atoms. The van der Waals surface area contributed by atoms with Gasteiger partial charge in [-0.2, -0.15) is 4.98 Å². The number of morpholine rings is 1. The van der Waals surface area contributed by atoms with E-state index in [-0.39, 0.29) is 6.10 Å². The van der Waals surface area contributed by atoms with Gasteiger partial charge in [-0.25, -0.2) is 0 Å². The van der Waals surface area contributed by atoms with Crippen LogP contribution < -0.4 is 5.32 Å². The van der Waals surface area contributed by atoms with E-state index in [9.17, 15) is 0 Å². The van der Waals surface area contributed by atoms with Crippen molar-refractivity contribution in [2.24, 2.45) is 0 Å². The van der Waals surface area contributed by atoms with Gasteiger partial charge in [0.25, 0.3) is 5.89 Å². The Bertz CT molecular complexity index is 579. The largest absolute Gasteiger partial charge is 0.367 e. The molecule has 1 atom stereocenters. The van der Waals surface area contributed by atoms with Gasteiger partial charge < -0.3 is 14.6 Å². The van der Waals surface area contributed by atoms with Crippen molar-refractivity contribution in [1.29, 1.82) is 0 Å². The summed E-state index contributed by atoms with van der Waals surface area (Å²) in [6.45, 7) is 4.34. The molecule has 1 saturated heterocycles. The minimum atomic E-state index is -0.117. The van der Waals surface area contributed by atoms with Gasteiger partial charge in [-0.1, -0.05) is 17.3 Å². The van der Waals surface area contributed by atoms with Crippen LogP contribution in [0.15, 0.2) is 22.7 Å². The van der Waals surface area contributed by atoms with Crippen molar-refractivity contribution in [2.45, 2.75) is 13.0 Å². The van der Waals surface area contributed by atoms with E-state index in [2.05, 4.69) is 51.0 Å². The first-order chi connectivity index (χ1) is 9.25. The predicted octanol–water partition coefficient (Wildman–Crippen LogP) is 2.31. The molecule has 1 aromatic carbocycles. The van der Waals surface area contributed by atoms with Gasteiger partial charge in [0.1, 0.15) is 6.10 Å². The molecule has 0 radical (unpaired) electrons. The van der Waals surface area contributed by atoms with E-state index < -0.39 is 0 Å². The number of hydrogen-bond acceptors (Lipinski definition) is 5. The molecule has 1 aromatic heterocycles. The first-order valence-electron chi connectivity index (χ1n) is 6.17. The summed E-state index contributed by atoms with van der Waals surface area (Å²) in [5.74, 6) is 1.16. The van der Waals surface area contributed by atoms with E-state index in [0.717, 1.165) is 22.2 Å². The number of rotatable bonds is 2. The van der Waals surface area contributed by atoms with Crippen LogP contribution in [-0.2, 0) is 4.74 Å². The average Bonchev–Trinajstić information content (AvgIpc) is 2.92. The van der Waals surface area contributed by atoms with Crippen molar-refractivity contribution in [3.05, 3.63) is 33.2 Å². The quantitative estimate of drug-likeness (QED) is 0.822. The number of nitrogens with one attached hydrogen (secondary N) is 1. The highest BCUT2D eigenvalue weighted by Crippen LogP contribution is 2.27. The summed E-state index contributed by atoms with van der Waals surface area (Å²) in [4.78, 5) is 4.46. The first-order valence-corrected chi connectivity index (χ1v) is 7.25. The topological polar surface area (TPSA) is 60.2 Å². The van der Waals surface area contributed by atoms with E-state index in [1.807, 2.05) is 12.1 Å². The third-order valence-electron chi connectivity index (χ3n) is 3.08. The Morgan fingerprint density at radius 1 is 1.42 bits per heavy atom. The minimum absolute atomic E-state index is 0.117. The molecule has 100 valence electrons. The third kappa shape index (κ3) is 2.65. The van der Waals surface area contributed by atoms with E-state index in [1.54, 1.807) is 0 Å². The highest BCUT2D eigenvalue weighted by Gasteiger charge is 2.22. The van der Waals surface area contributed by atoms with Crippen LogP contribution in [0.2, 0.25) is 0 Å². The second-order valence-electron chi connectivity index (χ2n) is 4.46. The van der Waals surface area contributed by atoms with E-state index >= 15 is 0 Å². The molecular weight excluding hydrogens is 357 g/mol. The highest BCUT2D eigenvalue weighted by molar-refractivity contribution is 14.1. The molecular formula is C13H14IN3O2. The fourth-order valence-electron chi connectivity index (χ4n) is 2.02. The van der Waals surface area contributed by atoms with Crippen LogP contribution in [0, 0.1) is 10.5 Å². The molecule has 1 unspecified atom stereocenters. The molecule has 0 aliphatic carbocycles. The molecule has 2 heterocycles. The van der Waals surface area contributed by atoms with Crippen LogP contribution >= 0.6 is 22.6 Å². The van der Waals surface area contributed by atoms with Crippen molar-refractivity contribution < 1.29 is 9.26 Å². The number of hydrogen-bond donors (Lipinski definition) is 1. The number of ether oxygens (including phenoxy) is 1. The van der Waals surface area contributed by atoms with Crippen LogP contribution in [0.1, 0.15) is 17.5 Å². The average molecular weight is 371 g/mol. The Morgan fingerprint density at radius 2 is 2.32 bits per heavy atom. The summed E-state index contributed by atoms with van der Waals surface area (Å²) in [5.41, 5.74) is 2.18. The molecule has 1 fully saturated rings. The molecule has 0 amide bonds. The maximum absolute atomic E-state index is 5.62. The van der Waals surface area contributed by atoms with E-state index in [1.165, 1.54) is 5.56 Å². The Hall–Kier alpha value is -0.990. The van der Waals surface area contributed by atoms with E-state index in [0.29, 0.717) is 18.3 Å². The Kier molecular flexibility index (Phi) is 3.81. The van der Waals surface area contributed by atoms with E-state index in [4.69, 9.17) is 9.26 Å². The van der Waals surface area contributed by atoms with Crippen molar-refractivity contribution in [2.75, 3.05) is 19.7 Å². The summed E-state index contributed by atoms with van der Waals surface area (Å²) < 4.78 is 12.1. The Morgan fingerprint density at radius 3 is 3.11 bits per heavy atom. The molecule has 0 spiro atoms. The Labute approximate surface area is 124 Å². The number of nitrogens with zero attached hydrogens (tertiary/aromatic N) is 2. The standard InChI is InChI=1S/C13H14IN3O2/c1-8-3-2-4-9(11(8)14)13-16-12(17-19-13)10-7-15-5-6-18-10/h2-4,10,15H,5-7H2,1H3. The molecule has 2 aromatic rings. The van der Waals surface area contributed by atoms with Gasteiger partial charge in [0.2, 0.25) is 5.82 Å². The minimum Gasteiger partial charge on any atom is -0.367 e. The fraction of sp³-hybridized carbons (Fsp3) is 0.385. The summed E-state index contributed by atoms with van der Waals surface area (Å²) in [7, 11) is 0. The summed E-state index contributed by atoms with van der Waals surface area (Å²) in [6, 6.07) is 6.05. The lowest BCUT2D eigenvalue weighted by Gasteiger charge is -2.20. The molecule has 0 bridgehead atoms. The lowest BCUT2D eigenvalue weighted by Crippen LogP contribution is -2.33. The van der Waals surface area contributed by atoms with Crippen molar-refractivity contribution in [3.63, 3.8) is 0 Å². The zero-order valence-electron chi connectivity index (χ0n) is 10.5. The summed E-state index contributed by atoms with van der Waals surface area (Å²) >= 11 is 2.30. The molecule has 1 aliphatic heterocycles. The second kappa shape index (κ2) is 5.56. The second-order valence-corrected chi connectivity index (χ2v) is 5.54.